The van der Waals surface area contributed by atoms with Gasteiger partial charge in [0.15, 0.2) is 0 Å². The summed E-state index contributed by atoms with van der Waals surface area (Å²) in [6.45, 7) is 0. The third-order valence-electron chi connectivity index (χ3n) is 4.98. The number of benzene rings is 1. The lowest BCUT2D eigenvalue weighted by Gasteiger charge is -2.30. The number of ether oxygens (including phenoxy) is 1. The number of hydrogen-bond donors (Lipinski definition) is 3. The molecule has 1 heterocycles. The molecule has 0 aliphatic heterocycles. The summed E-state index contributed by atoms with van der Waals surface area (Å²) in [6, 6.07) is 4.46. The molecule has 6 heteroatoms. The summed E-state index contributed by atoms with van der Waals surface area (Å²) in [5.41, 5.74) is 2.03. The molecule has 2 aromatic rings. The Kier molecular flexibility index (Phi) is 3.09. The fourth-order valence-corrected chi connectivity index (χ4v) is 3.85. The predicted molar refractivity (Wildman–Crippen MR) is 86.5 cm³/mol. The minimum atomic E-state index is -1.10. The topological polar surface area (TPSA) is 91.9 Å². The second kappa shape index (κ2) is 5.06. The molecule has 3 aliphatic rings. The number of fused-ring (bicyclic) bond motifs is 1. The molecule has 2 bridgehead atoms. The van der Waals surface area contributed by atoms with Crippen LogP contribution in [0.1, 0.15) is 46.2 Å². The van der Waals surface area contributed by atoms with E-state index in [2.05, 4.69) is 12.2 Å². The summed E-state index contributed by atoms with van der Waals surface area (Å²) in [6.07, 6.45) is 6.06. The summed E-state index contributed by atoms with van der Waals surface area (Å²) in [4.78, 5) is 11.2. The number of rotatable bonds is 3. The van der Waals surface area contributed by atoms with Crippen molar-refractivity contribution in [1.29, 1.82) is 0 Å². The van der Waals surface area contributed by atoms with Crippen molar-refractivity contribution >= 4 is 5.97 Å². The minimum Gasteiger partial charge on any atom is -0.496 e. The van der Waals surface area contributed by atoms with Crippen LogP contribution in [-0.4, -0.2) is 33.0 Å². The van der Waals surface area contributed by atoms with Crippen LogP contribution >= 0.6 is 0 Å². The van der Waals surface area contributed by atoms with Crippen LogP contribution in [0.3, 0.4) is 0 Å². The zero-order valence-corrected chi connectivity index (χ0v) is 13.1. The summed E-state index contributed by atoms with van der Waals surface area (Å²) < 4.78 is 6.49. The minimum absolute atomic E-state index is 0.00618. The quantitative estimate of drug-likeness (QED) is 0.753. The zero-order valence-electron chi connectivity index (χ0n) is 13.1. The summed E-state index contributed by atoms with van der Waals surface area (Å²) in [5, 5.41) is 30.6. The fraction of sp³-hybridized carbons (Fsp3) is 0.278. The van der Waals surface area contributed by atoms with Gasteiger partial charge in [-0.25, -0.2) is 4.79 Å². The third kappa shape index (κ3) is 1.86. The van der Waals surface area contributed by atoms with E-state index in [0.29, 0.717) is 5.69 Å². The number of nitrogens with zero attached hydrogens (tertiary/aromatic N) is 1. The standard InChI is InChI=1S/C18H17NO5/c1-24-13-8-11(6-7-12(13)18(22)23)19-16(20)14-9-2-3-10(5-4-9)15(14)17(19)21/h2-3,6-10,20-21H,4-5H2,1H3,(H,22,23)/t9-,10+. The Balaban J connectivity index is 1.90. The molecular weight excluding hydrogens is 310 g/mol. The van der Waals surface area contributed by atoms with Crippen LogP contribution in [0.2, 0.25) is 0 Å². The lowest BCUT2D eigenvalue weighted by molar-refractivity contribution is 0.0693. The molecule has 3 N–H and O–H groups in total. The highest BCUT2D eigenvalue weighted by Gasteiger charge is 2.38. The first-order valence-corrected chi connectivity index (χ1v) is 7.79. The molecule has 0 saturated carbocycles. The van der Waals surface area contributed by atoms with Gasteiger partial charge in [0.2, 0.25) is 11.8 Å². The molecular formula is C18H17NO5. The van der Waals surface area contributed by atoms with Gasteiger partial charge in [0.1, 0.15) is 11.3 Å². The molecule has 0 spiro atoms. The van der Waals surface area contributed by atoms with Crippen LogP contribution in [0.4, 0.5) is 0 Å². The zero-order chi connectivity index (χ0) is 17.0. The average Bonchev–Trinajstić information content (AvgIpc) is 2.88. The van der Waals surface area contributed by atoms with Crippen LogP contribution in [0.5, 0.6) is 17.5 Å². The van der Waals surface area contributed by atoms with Gasteiger partial charge in [-0.1, -0.05) is 12.2 Å². The number of hydrogen-bond acceptors (Lipinski definition) is 4. The van der Waals surface area contributed by atoms with Crippen molar-refractivity contribution in [2.75, 3.05) is 7.11 Å². The molecule has 2 atom stereocenters. The van der Waals surface area contributed by atoms with Crippen LogP contribution in [0, 0.1) is 0 Å². The Bertz CT molecular complexity index is 843. The molecule has 0 amide bonds. The molecule has 5 rings (SSSR count). The van der Waals surface area contributed by atoms with Gasteiger partial charge >= 0.3 is 5.97 Å². The summed E-state index contributed by atoms with van der Waals surface area (Å²) in [7, 11) is 1.39. The van der Waals surface area contributed by atoms with Gasteiger partial charge in [-0.15, -0.1) is 0 Å². The maximum absolute atomic E-state index is 11.2. The molecule has 0 saturated heterocycles. The molecule has 3 aliphatic carbocycles. The monoisotopic (exact) mass is 327 g/mol. The average molecular weight is 327 g/mol. The Labute approximate surface area is 138 Å². The summed E-state index contributed by atoms with van der Waals surface area (Å²) in [5.74, 6) is -0.694. The highest BCUT2D eigenvalue weighted by Crippen LogP contribution is 2.54. The van der Waals surface area contributed by atoms with Crippen molar-refractivity contribution in [3.63, 3.8) is 0 Å². The highest BCUT2D eigenvalue weighted by atomic mass is 16.5. The first-order chi connectivity index (χ1) is 11.5. The molecule has 0 unspecified atom stereocenters. The van der Waals surface area contributed by atoms with Gasteiger partial charge < -0.3 is 20.1 Å². The summed E-state index contributed by atoms with van der Waals surface area (Å²) >= 11 is 0. The van der Waals surface area contributed by atoms with Crippen molar-refractivity contribution in [2.24, 2.45) is 0 Å². The van der Waals surface area contributed by atoms with Crippen molar-refractivity contribution < 1.29 is 24.9 Å². The van der Waals surface area contributed by atoms with Crippen molar-refractivity contribution in [1.82, 2.24) is 4.57 Å². The van der Waals surface area contributed by atoms with Gasteiger partial charge in [-0.3, -0.25) is 4.57 Å². The number of allylic oxidation sites excluding steroid dienone is 2. The van der Waals surface area contributed by atoms with Gasteiger partial charge in [-0.05, 0) is 25.0 Å². The first-order valence-electron chi connectivity index (χ1n) is 7.79. The Morgan fingerprint density at radius 1 is 1.12 bits per heavy atom. The highest BCUT2D eigenvalue weighted by molar-refractivity contribution is 5.91. The van der Waals surface area contributed by atoms with E-state index >= 15 is 0 Å². The number of carbonyl (C=O) groups is 1. The molecule has 0 radical (unpaired) electrons. The van der Waals surface area contributed by atoms with Crippen LogP contribution in [0.15, 0.2) is 30.4 Å². The molecule has 1 aromatic heterocycles. The van der Waals surface area contributed by atoms with E-state index in [-0.39, 0.29) is 34.9 Å². The van der Waals surface area contributed by atoms with Crippen LogP contribution in [0.25, 0.3) is 5.69 Å². The number of aromatic carboxylic acids is 1. The SMILES string of the molecule is COc1cc(-n2c(O)c3c(c2O)[C@H]2C=C[C@@H]3CC2)ccc1C(=O)O. The van der Waals surface area contributed by atoms with Gasteiger partial charge in [-0.2, -0.15) is 0 Å². The normalized spacial score (nSPS) is 20.9. The smallest absolute Gasteiger partial charge is 0.339 e. The Morgan fingerprint density at radius 2 is 1.71 bits per heavy atom. The number of aromatic nitrogens is 1. The number of aromatic hydroxyl groups is 2. The molecule has 6 nitrogen and oxygen atoms in total. The van der Waals surface area contributed by atoms with Crippen molar-refractivity contribution in [2.45, 2.75) is 24.7 Å². The molecule has 0 fully saturated rings. The van der Waals surface area contributed by atoms with E-state index in [1.807, 2.05) is 0 Å². The third-order valence-corrected chi connectivity index (χ3v) is 4.98. The van der Waals surface area contributed by atoms with E-state index in [9.17, 15) is 20.1 Å². The first kappa shape index (κ1) is 14.7. The second-order valence-electron chi connectivity index (χ2n) is 6.17. The Morgan fingerprint density at radius 3 is 2.17 bits per heavy atom. The Hall–Kier alpha value is -2.89. The van der Waals surface area contributed by atoms with Crippen molar-refractivity contribution in [3.8, 4) is 23.2 Å². The van der Waals surface area contributed by atoms with Gasteiger partial charge in [0, 0.05) is 29.0 Å². The number of carboxylic acids is 1. The number of carboxylic acid groups (broad SMARTS) is 1. The van der Waals surface area contributed by atoms with E-state index in [4.69, 9.17) is 4.74 Å². The van der Waals surface area contributed by atoms with Crippen LogP contribution in [-0.2, 0) is 0 Å². The lowest BCUT2D eigenvalue weighted by atomic mass is 9.73. The largest absolute Gasteiger partial charge is 0.496 e. The maximum atomic E-state index is 11.2. The maximum Gasteiger partial charge on any atom is 0.339 e. The van der Waals surface area contributed by atoms with E-state index in [0.717, 1.165) is 24.0 Å². The number of methoxy groups -OCH3 is 1. The molecule has 24 heavy (non-hydrogen) atoms. The fourth-order valence-electron chi connectivity index (χ4n) is 3.85. The second-order valence-corrected chi connectivity index (χ2v) is 6.17. The van der Waals surface area contributed by atoms with Gasteiger partial charge in [0.05, 0.1) is 12.8 Å². The van der Waals surface area contributed by atoms with Gasteiger partial charge in [0.25, 0.3) is 0 Å². The van der Waals surface area contributed by atoms with Crippen LogP contribution < -0.4 is 4.74 Å². The molecule has 124 valence electrons. The predicted octanol–water partition coefficient (Wildman–Crippen LogP) is 3.13. The lowest BCUT2D eigenvalue weighted by Crippen LogP contribution is -2.15. The van der Waals surface area contributed by atoms with E-state index in [1.54, 1.807) is 6.07 Å². The van der Waals surface area contributed by atoms with E-state index < -0.39 is 5.97 Å². The molecule has 1 aromatic carbocycles. The van der Waals surface area contributed by atoms with Crippen molar-refractivity contribution in [3.05, 3.63) is 47.0 Å². The van der Waals surface area contributed by atoms with E-state index in [1.165, 1.54) is 23.8 Å².